The Hall–Kier alpha value is -2.15. The minimum atomic E-state index is 0.148. The van der Waals surface area contributed by atoms with E-state index in [4.69, 9.17) is 0 Å². The van der Waals surface area contributed by atoms with Gasteiger partial charge < -0.3 is 0 Å². The minimum Gasteiger partial charge on any atom is -0.256 e. The summed E-state index contributed by atoms with van der Waals surface area (Å²) in [4.78, 5) is 4.69. The molecule has 1 nitrogen and oxygen atoms in total. The highest BCUT2D eigenvalue weighted by atomic mass is 14.7. The van der Waals surface area contributed by atoms with Crippen molar-refractivity contribution >= 4 is 10.8 Å². The zero-order valence-electron chi connectivity index (χ0n) is 12.9. The fourth-order valence-electron chi connectivity index (χ4n) is 2.80. The van der Waals surface area contributed by atoms with Gasteiger partial charge in [0, 0.05) is 17.1 Å². The van der Waals surface area contributed by atoms with Crippen molar-refractivity contribution in [3.8, 4) is 11.3 Å². The van der Waals surface area contributed by atoms with Crippen LogP contribution in [0, 0.1) is 0 Å². The van der Waals surface area contributed by atoms with Gasteiger partial charge in [-0.25, -0.2) is 0 Å². The predicted molar refractivity (Wildman–Crippen MR) is 90.5 cm³/mol. The minimum absolute atomic E-state index is 0.148. The first-order valence-electron chi connectivity index (χ1n) is 7.57. The molecule has 1 heterocycles. The molecule has 0 saturated heterocycles. The Morgan fingerprint density at radius 2 is 1.62 bits per heavy atom. The Balaban J connectivity index is 2.30. The zero-order chi connectivity index (χ0) is 14.9. The highest BCUT2D eigenvalue weighted by Crippen LogP contribution is 2.36. The molecule has 0 atom stereocenters. The van der Waals surface area contributed by atoms with Crippen molar-refractivity contribution in [2.45, 2.75) is 32.6 Å². The van der Waals surface area contributed by atoms with Gasteiger partial charge in [0.1, 0.15) is 0 Å². The molecule has 3 rings (SSSR count). The first kappa shape index (κ1) is 13.8. The quantitative estimate of drug-likeness (QED) is 0.607. The van der Waals surface area contributed by atoms with Crippen molar-refractivity contribution in [1.29, 1.82) is 0 Å². The third-order valence-corrected chi connectivity index (χ3v) is 4.47. The first-order valence-corrected chi connectivity index (χ1v) is 7.57. The fraction of sp³-hybridized carbons (Fsp3) is 0.250. The van der Waals surface area contributed by atoms with Crippen LogP contribution < -0.4 is 0 Å². The van der Waals surface area contributed by atoms with Crippen LogP contribution >= 0.6 is 0 Å². The average Bonchev–Trinajstić information content (AvgIpc) is 2.54. The molecule has 2 aromatic carbocycles. The second kappa shape index (κ2) is 5.33. The molecule has 0 aliphatic rings. The maximum atomic E-state index is 4.69. The highest BCUT2D eigenvalue weighted by Gasteiger charge is 2.22. The molecule has 0 spiro atoms. The number of hydrogen-bond acceptors (Lipinski definition) is 1. The lowest BCUT2D eigenvalue weighted by Crippen LogP contribution is -2.16. The summed E-state index contributed by atoms with van der Waals surface area (Å²) >= 11 is 0. The molecule has 0 aliphatic heterocycles. The van der Waals surface area contributed by atoms with Crippen LogP contribution in [0.3, 0.4) is 0 Å². The number of fused-ring (bicyclic) bond motifs is 1. The van der Waals surface area contributed by atoms with E-state index in [1.54, 1.807) is 0 Å². The number of rotatable bonds is 3. The maximum absolute atomic E-state index is 4.69. The van der Waals surface area contributed by atoms with E-state index in [1.807, 2.05) is 6.20 Å². The number of benzene rings is 2. The van der Waals surface area contributed by atoms with E-state index in [0.717, 1.165) is 12.1 Å². The summed E-state index contributed by atoms with van der Waals surface area (Å²) in [5, 5.41) is 2.46. The summed E-state index contributed by atoms with van der Waals surface area (Å²) < 4.78 is 0. The van der Waals surface area contributed by atoms with Crippen LogP contribution in [0.25, 0.3) is 22.0 Å². The molecular formula is C20H21N. The van der Waals surface area contributed by atoms with Crippen LogP contribution in [0.4, 0.5) is 0 Å². The maximum Gasteiger partial charge on any atom is 0.0783 e. The molecule has 0 amide bonds. The van der Waals surface area contributed by atoms with Crippen LogP contribution in [-0.4, -0.2) is 4.98 Å². The lowest BCUT2D eigenvalue weighted by atomic mass is 9.78. The van der Waals surface area contributed by atoms with Gasteiger partial charge in [0.25, 0.3) is 0 Å². The molecule has 0 aliphatic carbocycles. The summed E-state index contributed by atoms with van der Waals surface area (Å²) in [6.07, 6.45) is 3.02. The molecule has 0 N–H and O–H groups in total. The van der Waals surface area contributed by atoms with Crippen molar-refractivity contribution in [2.75, 3.05) is 0 Å². The lowest BCUT2D eigenvalue weighted by molar-refractivity contribution is 0.507. The molecule has 0 saturated carbocycles. The Bertz CT molecular complexity index is 766. The van der Waals surface area contributed by atoms with E-state index < -0.39 is 0 Å². The predicted octanol–water partition coefficient (Wildman–Crippen LogP) is 5.59. The molecule has 1 heteroatoms. The van der Waals surface area contributed by atoms with Gasteiger partial charge >= 0.3 is 0 Å². The van der Waals surface area contributed by atoms with Gasteiger partial charge in [-0.2, -0.15) is 0 Å². The summed E-state index contributed by atoms with van der Waals surface area (Å²) in [5.74, 6) is 0. The summed E-state index contributed by atoms with van der Waals surface area (Å²) in [6, 6.07) is 19.2. The summed E-state index contributed by atoms with van der Waals surface area (Å²) in [5.41, 5.74) is 3.86. The smallest absolute Gasteiger partial charge is 0.0783 e. The fourth-order valence-corrected chi connectivity index (χ4v) is 2.80. The molecule has 0 radical (unpaired) electrons. The van der Waals surface area contributed by atoms with Crippen LogP contribution in [0.5, 0.6) is 0 Å². The largest absolute Gasteiger partial charge is 0.256 e. The van der Waals surface area contributed by atoms with Gasteiger partial charge in [0.05, 0.1) is 5.69 Å². The number of pyridine rings is 1. The standard InChI is InChI=1S/C20H21N/c1-4-20(2,3)18-12-8-7-11-17(18)19-16-10-6-5-9-15(16)13-14-21-19/h5-14H,4H2,1-3H3. The molecular weight excluding hydrogens is 254 g/mol. The average molecular weight is 275 g/mol. The zero-order valence-corrected chi connectivity index (χ0v) is 12.9. The summed E-state index contributed by atoms with van der Waals surface area (Å²) in [7, 11) is 0. The Kier molecular flexibility index (Phi) is 3.50. The van der Waals surface area contributed by atoms with Crippen LogP contribution in [0.2, 0.25) is 0 Å². The van der Waals surface area contributed by atoms with Crippen molar-refractivity contribution < 1.29 is 0 Å². The van der Waals surface area contributed by atoms with Crippen molar-refractivity contribution in [2.24, 2.45) is 0 Å². The number of nitrogens with zero attached hydrogens (tertiary/aromatic N) is 1. The van der Waals surface area contributed by atoms with Gasteiger partial charge in [-0.3, -0.25) is 4.98 Å². The molecule has 0 bridgehead atoms. The monoisotopic (exact) mass is 275 g/mol. The van der Waals surface area contributed by atoms with E-state index in [0.29, 0.717) is 0 Å². The highest BCUT2D eigenvalue weighted by molar-refractivity contribution is 5.95. The molecule has 0 unspecified atom stereocenters. The molecule has 21 heavy (non-hydrogen) atoms. The Morgan fingerprint density at radius 1 is 0.905 bits per heavy atom. The molecule has 106 valence electrons. The van der Waals surface area contributed by atoms with Crippen molar-refractivity contribution in [3.05, 3.63) is 66.4 Å². The Labute approximate surface area is 126 Å². The van der Waals surface area contributed by atoms with Crippen molar-refractivity contribution in [3.63, 3.8) is 0 Å². The van der Waals surface area contributed by atoms with Crippen LogP contribution in [0.15, 0.2) is 60.8 Å². The molecule has 0 fully saturated rings. The van der Waals surface area contributed by atoms with Gasteiger partial charge in [-0.05, 0) is 28.9 Å². The van der Waals surface area contributed by atoms with E-state index in [9.17, 15) is 0 Å². The van der Waals surface area contributed by atoms with E-state index >= 15 is 0 Å². The van der Waals surface area contributed by atoms with Crippen molar-refractivity contribution in [1.82, 2.24) is 4.98 Å². The normalized spacial score (nSPS) is 11.8. The van der Waals surface area contributed by atoms with E-state index in [2.05, 4.69) is 80.4 Å². The van der Waals surface area contributed by atoms with E-state index in [-0.39, 0.29) is 5.41 Å². The second-order valence-corrected chi connectivity index (χ2v) is 6.16. The molecule has 1 aromatic heterocycles. The van der Waals surface area contributed by atoms with Crippen LogP contribution in [0.1, 0.15) is 32.8 Å². The van der Waals surface area contributed by atoms with Gasteiger partial charge in [-0.1, -0.05) is 69.3 Å². The first-order chi connectivity index (χ1) is 10.1. The topological polar surface area (TPSA) is 12.9 Å². The lowest BCUT2D eigenvalue weighted by Gasteiger charge is -2.26. The summed E-state index contributed by atoms with van der Waals surface area (Å²) in [6.45, 7) is 6.85. The number of aromatic nitrogens is 1. The number of hydrogen-bond donors (Lipinski definition) is 0. The van der Waals surface area contributed by atoms with Crippen LogP contribution in [-0.2, 0) is 5.41 Å². The SMILES string of the molecule is CCC(C)(C)c1ccccc1-c1nccc2ccccc12. The molecule has 3 aromatic rings. The third-order valence-electron chi connectivity index (χ3n) is 4.47. The third kappa shape index (κ3) is 2.44. The second-order valence-electron chi connectivity index (χ2n) is 6.16. The van der Waals surface area contributed by atoms with Gasteiger partial charge in [0.2, 0.25) is 0 Å². The van der Waals surface area contributed by atoms with Gasteiger partial charge in [0.15, 0.2) is 0 Å². The van der Waals surface area contributed by atoms with Gasteiger partial charge in [-0.15, -0.1) is 0 Å². The Morgan fingerprint density at radius 3 is 2.43 bits per heavy atom. The van der Waals surface area contributed by atoms with E-state index in [1.165, 1.54) is 21.9 Å².